The Morgan fingerprint density at radius 3 is 2.55 bits per heavy atom. The summed E-state index contributed by atoms with van der Waals surface area (Å²) in [6.07, 6.45) is 0.949. The number of thiocarbonyl (C=S) groups is 1. The fraction of sp³-hybridized carbons (Fsp3) is 0.133. The molecule has 0 saturated carbocycles. The Labute approximate surface area is 137 Å². The molecule has 0 fully saturated rings. The second-order valence-electron chi connectivity index (χ2n) is 4.21. The highest BCUT2D eigenvalue weighted by atomic mass is 79.9. The molecule has 2 aromatic carbocycles. The van der Waals surface area contributed by atoms with Gasteiger partial charge in [0, 0.05) is 10.2 Å². The average molecular weight is 370 g/mol. The van der Waals surface area contributed by atoms with E-state index in [0.29, 0.717) is 10.1 Å². The number of hydrogen-bond acceptors (Lipinski definition) is 1. The van der Waals surface area contributed by atoms with Crippen molar-refractivity contribution < 1.29 is 0 Å². The predicted molar refractivity (Wildman–Crippen MR) is 94.8 cm³/mol. The molecular weight excluding hydrogens is 356 g/mol. The summed E-state index contributed by atoms with van der Waals surface area (Å²) in [6, 6.07) is 13.7. The van der Waals surface area contributed by atoms with Crippen molar-refractivity contribution in [2.24, 2.45) is 0 Å². The summed E-state index contributed by atoms with van der Waals surface area (Å²) >= 11 is 14.9. The normalized spacial score (nSPS) is 10.2. The van der Waals surface area contributed by atoms with Gasteiger partial charge in [0.2, 0.25) is 0 Å². The molecule has 0 aliphatic rings. The van der Waals surface area contributed by atoms with Gasteiger partial charge in [0.1, 0.15) is 0 Å². The van der Waals surface area contributed by atoms with Crippen LogP contribution in [0.1, 0.15) is 12.5 Å². The van der Waals surface area contributed by atoms with E-state index >= 15 is 0 Å². The first-order valence-corrected chi connectivity index (χ1v) is 7.79. The highest BCUT2D eigenvalue weighted by Crippen LogP contribution is 2.26. The first-order chi connectivity index (χ1) is 9.60. The van der Waals surface area contributed by atoms with Gasteiger partial charge in [-0.15, -0.1) is 0 Å². The lowest BCUT2D eigenvalue weighted by Gasteiger charge is -2.14. The van der Waals surface area contributed by atoms with E-state index in [1.54, 1.807) is 0 Å². The second kappa shape index (κ2) is 7.07. The summed E-state index contributed by atoms with van der Waals surface area (Å²) < 4.78 is 0.934. The van der Waals surface area contributed by atoms with Crippen molar-refractivity contribution >= 4 is 56.2 Å². The maximum Gasteiger partial charge on any atom is 0.175 e. The van der Waals surface area contributed by atoms with Crippen LogP contribution in [0.15, 0.2) is 46.9 Å². The van der Waals surface area contributed by atoms with Crippen LogP contribution in [-0.2, 0) is 6.42 Å². The molecule has 2 rings (SSSR count). The summed E-state index contributed by atoms with van der Waals surface area (Å²) in [5, 5.41) is 7.45. The third kappa shape index (κ3) is 3.95. The van der Waals surface area contributed by atoms with E-state index in [1.807, 2.05) is 36.4 Å². The van der Waals surface area contributed by atoms with Gasteiger partial charge in [-0.3, -0.25) is 0 Å². The lowest BCUT2D eigenvalue weighted by Crippen LogP contribution is -2.20. The molecule has 0 heterocycles. The zero-order valence-corrected chi connectivity index (χ0v) is 14.1. The Kier molecular flexibility index (Phi) is 5.40. The molecular formula is C15H14BrClN2S. The summed E-state index contributed by atoms with van der Waals surface area (Å²) in [5.41, 5.74) is 3.01. The van der Waals surface area contributed by atoms with Crippen LogP contribution in [0.25, 0.3) is 0 Å². The smallest absolute Gasteiger partial charge is 0.175 e. The number of nitrogens with one attached hydrogen (secondary N) is 2. The van der Waals surface area contributed by atoms with E-state index in [4.69, 9.17) is 23.8 Å². The maximum absolute atomic E-state index is 6.16. The van der Waals surface area contributed by atoms with Crippen LogP contribution >= 0.6 is 39.7 Å². The Morgan fingerprint density at radius 2 is 1.85 bits per heavy atom. The quantitative estimate of drug-likeness (QED) is 0.701. The zero-order valence-electron chi connectivity index (χ0n) is 10.9. The number of anilines is 2. The SMILES string of the molecule is CCc1ccccc1NC(=S)Nc1ccc(Br)cc1Cl. The van der Waals surface area contributed by atoms with Crippen molar-refractivity contribution in [3.05, 3.63) is 57.5 Å². The molecule has 0 saturated heterocycles. The van der Waals surface area contributed by atoms with Crippen LogP contribution in [0.2, 0.25) is 5.02 Å². The number of rotatable bonds is 3. The maximum atomic E-state index is 6.16. The van der Waals surface area contributed by atoms with E-state index in [9.17, 15) is 0 Å². The first-order valence-electron chi connectivity index (χ1n) is 6.21. The molecule has 2 nitrogen and oxygen atoms in total. The average Bonchev–Trinajstić information content (AvgIpc) is 2.42. The van der Waals surface area contributed by atoms with Crippen LogP contribution in [0.5, 0.6) is 0 Å². The predicted octanol–water partition coefficient (Wildman–Crippen LogP) is 5.47. The molecule has 5 heteroatoms. The minimum Gasteiger partial charge on any atom is -0.332 e. The lowest BCUT2D eigenvalue weighted by atomic mass is 10.1. The number of benzene rings is 2. The Bertz CT molecular complexity index is 631. The Morgan fingerprint density at radius 1 is 1.15 bits per heavy atom. The molecule has 104 valence electrons. The fourth-order valence-corrected chi connectivity index (χ4v) is 2.76. The molecule has 2 aromatic rings. The lowest BCUT2D eigenvalue weighted by molar-refractivity contribution is 1.14. The van der Waals surface area contributed by atoms with Gasteiger partial charge in [0.15, 0.2) is 5.11 Å². The topological polar surface area (TPSA) is 24.1 Å². The molecule has 0 bridgehead atoms. The number of para-hydroxylation sites is 1. The van der Waals surface area contributed by atoms with E-state index in [1.165, 1.54) is 5.56 Å². The van der Waals surface area contributed by atoms with Crippen molar-refractivity contribution in [2.75, 3.05) is 10.6 Å². The summed E-state index contributed by atoms with van der Waals surface area (Å²) in [7, 11) is 0. The van der Waals surface area contributed by atoms with Crippen LogP contribution in [-0.4, -0.2) is 5.11 Å². The minimum atomic E-state index is 0.523. The molecule has 20 heavy (non-hydrogen) atoms. The Hall–Kier alpha value is -1.10. The largest absolute Gasteiger partial charge is 0.332 e. The second-order valence-corrected chi connectivity index (χ2v) is 5.95. The highest BCUT2D eigenvalue weighted by molar-refractivity contribution is 9.10. The van der Waals surface area contributed by atoms with Gasteiger partial charge < -0.3 is 10.6 Å². The Balaban J connectivity index is 2.09. The van der Waals surface area contributed by atoms with Crippen LogP contribution in [0.3, 0.4) is 0 Å². The zero-order chi connectivity index (χ0) is 14.5. The van der Waals surface area contributed by atoms with Crippen molar-refractivity contribution in [2.45, 2.75) is 13.3 Å². The minimum absolute atomic E-state index is 0.523. The fourth-order valence-electron chi connectivity index (χ4n) is 1.82. The number of aryl methyl sites for hydroxylation is 1. The van der Waals surface area contributed by atoms with E-state index < -0.39 is 0 Å². The van der Waals surface area contributed by atoms with E-state index in [0.717, 1.165) is 22.3 Å². The van der Waals surface area contributed by atoms with Crippen molar-refractivity contribution in [3.8, 4) is 0 Å². The molecule has 0 atom stereocenters. The van der Waals surface area contributed by atoms with Crippen molar-refractivity contribution in [3.63, 3.8) is 0 Å². The van der Waals surface area contributed by atoms with Crippen LogP contribution in [0.4, 0.5) is 11.4 Å². The molecule has 0 aliphatic heterocycles. The van der Waals surface area contributed by atoms with Gasteiger partial charge >= 0.3 is 0 Å². The molecule has 0 spiro atoms. The molecule has 0 unspecified atom stereocenters. The van der Waals surface area contributed by atoms with Gasteiger partial charge in [-0.25, -0.2) is 0 Å². The first kappa shape index (κ1) is 15.3. The van der Waals surface area contributed by atoms with E-state index in [2.05, 4.69) is 39.6 Å². The van der Waals surface area contributed by atoms with Gasteiger partial charge in [-0.1, -0.05) is 52.7 Å². The third-order valence-corrected chi connectivity index (χ3v) is 3.84. The van der Waals surface area contributed by atoms with Gasteiger partial charge in [-0.2, -0.15) is 0 Å². The van der Waals surface area contributed by atoms with Gasteiger partial charge in [0.05, 0.1) is 10.7 Å². The van der Waals surface area contributed by atoms with Gasteiger partial charge in [0.25, 0.3) is 0 Å². The monoisotopic (exact) mass is 368 g/mol. The molecule has 0 aliphatic carbocycles. The van der Waals surface area contributed by atoms with Gasteiger partial charge in [-0.05, 0) is 48.5 Å². The highest BCUT2D eigenvalue weighted by Gasteiger charge is 2.05. The van der Waals surface area contributed by atoms with Crippen LogP contribution < -0.4 is 10.6 Å². The number of halogens is 2. The van der Waals surface area contributed by atoms with Crippen molar-refractivity contribution in [1.29, 1.82) is 0 Å². The molecule has 2 N–H and O–H groups in total. The number of hydrogen-bond donors (Lipinski definition) is 2. The standard InChI is InChI=1S/C15H14BrClN2S/c1-2-10-5-3-4-6-13(10)18-15(20)19-14-8-7-11(16)9-12(14)17/h3-9H,2H2,1H3,(H2,18,19,20). The summed E-state index contributed by atoms with van der Waals surface area (Å²) in [4.78, 5) is 0. The third-order valence-electron chi connectivity index (χ3n) is 2.83. The van der Waals surface area contributed by atoms with E-state index in [-0.39, 0.29) is 0 Å². The molecule has 0 radical (unpaired) electrons. The molecule has 0 amide bonds. The van der Waals surface area contributed by atoms with Crippen LogP contribution in [0, 0.1) is 0 Å². The summed E-state index contributed by atoms with van der Waals surface area (Å²) in [6.45, 7) is 2.11. The molecule has 0 aromatic heterocycles. The summed E-state index contributed by atoms with van der Waals surface area (Å²) in [5.74, 6) is 0. The van der Waals surface area contributed by atoms with Crippen molar-refractivity contribution in [1.82, 2.24) is 0 Å².